The average molecular weight is 826 g/mol. The van der Waals surface area contributed by atoms with Crippen LogP contribution in [0.5, 0.6) is 0 Å². The van der Waals surface area contributed by atoms with Crippen molar-refractivity contribution in [3.8, 4) is 56.4 Å². The molecule has 0 atom stereocenters. The lowest BCUT2D eigenvalue weighted by Crippen LogP contribution is -2.28. The molecule has 0 bridgehead atoms. The van der Waals surface area contributed by atoms with Gasteiger partial charge in [0.15, 0.2) is 17.5 Å². The molecular weight excluding hydrogens is 787 g/mol. The molecule has 0 aliphatic heterocycles. The monoisotopic (exact) mass is 825 g/mol. The average Bonchev–Trinajstić information content (AvgIpc) is 3.70. The molecule has 0 unspecified atom stereocenters. The molecule has 0 amide bonds. The highest BCUT2D eigenvalue weighted by Crippen LogP contribution is 2.60. The van der Waals surface area contributed by atoms with E-state index in [9.17, 15) is 0 Å². The van der Waals surface area contributed by atoms with E-state index in [-0.39, 0.29) is 0 Å². The fourth-order valence-electron chi connectivity index (χ4n) is 10.7. The number of benzene rings is 11. The number of hydrogen-bond acceptors (Lipinski definition) is 3. The summed E-state index contributed by atoms with van der Waals surface area (Å²) < 4.78 is 0. The van der Waals surface area contributed by atoms with Gasteiger partial charge in [-0.05, 0) is 99.7 Å². The normalized spacial score (nSPS) is 12.7. The van der Waals surface area contributed by atoms with Gasteiger partial charge in [0.25, 0.3) is 0 Å². The third kappa shape index (κ3) is 5.79. The van der Waals surface area contributed by atoms with E-state index < -0.39 is 5.41 Å². The highest BCUT2D eigenvalue weighted by atomic mass is 15.0. The van der Waals surface area contributed by atoms with Gasteiger partial charge in [-0.25, -0.2) is 15.0 Å². The molecule has 0 saturated carbocycles. The predicted octanol–water partition coefficient (Wildman–Crippen LogP) is 15.5. The van der Waals surface area contributed by atoms with Gasteiger partial charge >= 0.3 is 0 Å². The Balaban J connectivity index is 1.11. The molecule has 1 aliphatic carbocycles. The lowest BCUT2D eigenvalue weighted by atomic mass is 9.66. The summed E-state index contributed by atoms with van der Waals surface area (Å²) in [6.45, 7) is 0. The van der Waals surface area contributed by atoms with E-state index in [1.54, 1.807) is 0 Å². The van der Waals surface area contributed by atoms with Gasteiger partial charge < -0.3 is 0 Å². The molecule has 1 aliphatic rings. The van der Waals surface area contributed by atoms with Crippen LogP contribution in [0.1, 0.15) is 22.3 Å². The summed E-state index contributed by atoms with van der Waals surface area (Å²) in [5.41, 5.74) is 12.1. The SMILES string of the molecule is c1ccc(C2(c3ccccc3)c3cccc(-c4cccc5ccccc45)c3-c3ccc4c(-c5nc(-c6ccc7ccccc7c6)nc(-c6ccc7ccccc7c6)n5)cccc4c32)cc1. The highest BCUT2D eigenvalue weighted by molar-refractivity contribution is 6.09. The van der Waals surface area contributed by atoms with Crippen LogP contribution in [0.25, 0.3) is 99.5 Å². The standard InChI is InChI=1S/C62H39N3/c1-3-22-47(23-4-1)62(48-24-5-2-6-25-48)56-31-15-28-52(50-27-13-21-42-18-11-12-26-49(42)50)57(56)55-37-36-51-53(58(55)62)29-14-30-54(51)61-64-59(45-34-32-40-16-7-9-19-43(40)38-45)63-60(65-61)46-35-33-41-17-8-10-20-44(41)39-46/h1-39H. The third-order valence-electron chi connectivity index (χ3n) is 13.6. The van der Waals surface area contributed by atoms with Gasteiger partial charge in [-0.1, -0.05) is 224 Å². The van der Waals surface area contributed by atoms with E-state index in [1.807, 2.05) is 0 Å². The summed E-state index contributed by atoms with van der Waals surface area (Å²) in [4.78, 5) is 15.9. The maximum atomic E-state index is 5.36. The van der Waals surface area contributed by atoms with Crippen molar-refractivity contribution in [3.63, 3.8) is 0 Å². The maximum absolute atomic E-state index is 5.36. The summed E-state index contributed by atoms with van der Waals surface area (Å²) in [5, 5.41) is 9.34. The van der Waals surface area contributed by atoms with Crippen LogP contribution in [0, 0.1) is 0 Å². The fourth-order valence-corrected chi connectivity index (χ4v) is 10.7. The topological polar surface area (TPSA) is 38.7 Å². The van der Waals surface area contributed by atoms with Crippen LogP contribution in [0.4, 0.5) is 0 Å². The molecule has 0 radical (unpaired) electrons. The second kappa shape index (κ2) is 14.8. The van der Waals surface area contributed by atoms with Crippen molar-refractivity contribution in [1.29, 1.82) is 0 Å². The highest BCUT2D eigenvalue weighted by Gasteiger charge is 2.48. The van der Waals surface area contributed by atoms with Crippen LogP contribution >= 0.6 is 0 Å². The molecule has 3 nitrogen and oxygen atoms in total. The van der Waals surface area contributed by atoms with E-state index in [4.69, 9.17) is 15.0 Å². The first-order valence-electron chi connectivity index (χ1n) is 22.3. The fraction of sp³-hybridized carbons (Fsp3) is 0.0161. The van der Waals surface area contributed by atoms with Crippen LogP contribution in [-0.4, -0.2) is 15.0 Å². The van der Waals surface area contributed by atoms with E-state index >= 15 is 0 Å². The minimum Gasteiger partial charge on any atom is -0.208 e. The van der Waals surface area contributed by atoms with Crippen molar-refractivity contribution in [2.24, 2.45) is 0 Å². The Kier molecular flexibility index (Phi) is 8.44. The molecule has 302 valence electrons. The zero-order valence-corrected chi connectivity index (χ0v) is 35.4. The Morgan fingerprint density at radius 2 is 0.769 bits per heavy atom. The zero-order valence-electron chi connectivity index (χ0n) is 35.4. The Bertz CT molecular complexity index is 3690. The Labute approximate surface area is 377 Å². The Morgan fingerprint density at radius 3 is 1.43 bits per heavy atom. The van der Waals surface area contributed by atoms with Gasteiger partial charge in [0, 0.05) is 16.7 Å². The van der Waals surface area contributed by atoms with Gasteiger partial charge in [0.1, 0.15) is 0 Å². The first-order chi connectivity index (χ1) is 32.2. The molecule has 1 aromatic heterocycles. The van der Waals surface area contributed by atoms with Crippen LogP contribution in [0.2, 0.25) is 0 Å². The smallest absolute Gasteiger partial charge is 0.164 e. The molecule has 0 fully saturated rings. The molecule has 13 rings (SSSR count). The number of nitrogens with zero attached hydrogens (tertiary/aromatic N) is 3. The maximum Gasteiger partial charge on any atom is 0.164 e. The minimum atomic E-state index is -0.641. The number of aromatic nitrogens is 3. The minimum absolute atomic E-state index is 0.633. The van der Waals surface area contributed by atoms with E-state index in [0.717, 1.165) is 38.2 Å². The molecule has 1 heterocycles. The van der Waals surface area contributed by atoms with Crippen LogP contribution in [0.3, 0.4) is 0 Å². The number of rotatable bonds is 6. The Morgan fingerprint density at radius 1 is 0.277 bits per heavy atom. The van der Waals surface area contributed by atoms with Crippen molar-refractivity contribution in [3.05, 3.63) is 259 Å². The number of fused-ring (bicyclic) bond motifs is 8. The van der Waals surface area contributed by atoms with E-state index in [1.165, 1.54) is 66.1 Å². The van der Waals surface area contributed by atoms with E-state index in [2.05, 4.69) is 237 Å². The van der Waals surface area contributed by atoms with Crippen molar-refractivity contribution in [2.75, 3.05) is 0 Å². The zero-order chi connectivity index (χ0) is 42.9. The molecular formula is C62H39N3. The van der Waals surface area contributed by atoms with Crippen molar-refractivity contribution in [1.82, 2.24) is 15.0 Å². The summed E-state index contributed by atoms with van der Waals surface area (Å²) in [7, 11) is 0. The van der Waals surface area contributed by atoms with Crippen LogP contribution in [-0.2, 0) is 5.41 Å². The van der Waals surface area contributed by atoms with Gasteiger partial charge in [0.05, 0.1) is 5.41 Å². The predicted molar refractivity (Wildman–Crippen MR) is 269 cm³/mol. The van der Waals surface area contributed by atoms with Crippen molar-refractivity contribution < 1.29 is 0 Å². The lowest BCUT2D eigenvalue weighted by molar-refractivity contribution is 0.775. The third-order valence-corrected chi connectivity index (χ3v) is 13.6. The Hall–Kier alpha value is -8.53. The van der Waals surface area contributed by atoms with Gasteiger partial charge in [-0.15, -0.1) is 0 Å². The van der Waals surface area contributed by atoms with Crippen molar-refractivity contribution in [2.45, 2.75) is 5.41 Å². The lowest BCUT2D eigenvalue weighted by Gasteiger charge is -2.35. The van der Waals surface area contributed by atoms with Crippen LogP contribution < -0.4 is 0 Å². The molecule has 0 spiro atoms. The molecule has 12 aromatic rings. The van der Waals surface area contributed by atoms with Gasteiger partial charge in [0.2, 0.25) is 0 Å². The second-order valence-corrected chi connectivity index (χ2v) is 17.1. The quantitative estimate of drug-likeness (QED) is 0.168. The molecule has 0 N–H and O–H groups in total. The first kappa shape index (κ1) is 37.1. The summed E-state index contributed by atoms with van der Waals surface area (Å²) >= 11 is 0. The molecule has 11 aromatic carbocycles. The first-order valence-corrected chi connectivity index (χ1v) is 22.3. The summed E-state index contributed by atoms with van der Waals surface area (Å²) in [6.07, 6.45) is 0. The molecule has 3 heteroatoms. The summed E-state index contributed by atoms with van der Waals surface area (Å²) in [6, 6.07) is 85.6. The summed E-state index contributed by atoms with van der Waals surface area (Å²) in [5.74, 6) is 1.91. The number of hydrogen-bond donors (Lipinski definition) is 0. The van der Waals surface area contributed by atoms with E-state index in [0.29, 0.717) is 17.5 Å². The van der Waals surface area contributed by atoms with Gasteiger partial charge in [-0.2, -0.15) is 0 Å². The second-order valence-electron chi connectivity index (χ2n) is 17.1. The van der Waals surface area contributed by atoms with Crippen LogP contribution in [0.15, 0.2) is 237 Å². The molecule has 65 heavy (non-hydrogen) atoms. The molecule has 0 saturated heterocycles. The largest absolute Gasteiger partial charge is 0.208 e. The van der Waals surface area contributed by atoms with Crippen molar-refractivity contribution >= 4 is 43.1 Å². The van der Waals surface area contributed by atoms with Gasteiger partial charge in [-0.3, -0.25) is 0 Å².